The molecule has 0 aromatic heterocycles. The fourth-order valence-corrected chi connectivity index (χ4v) is 3.30. The van der Waals surface area contributed by atoms with Crippen LogP contribution >= 0.6 is 0 Å². The van der Waals surface area contributed by atoms with Gasteiger partial charge in [0.05, 0.1) is 6.61 Å². The molecule has 0 saturated heterocycles. The van der Waals surface area contributed by atoms with Crippen LogP contribution in [-0.4, -0.2) is 18.4 Å². The molecule has 2 rings (SSSR count). The lowest BCUT2D eigenvalue weighted by molar-refractivity contribution is -0.115. The lowest BCUT2D eigenvalue weighted by Gasteiger charge is -2.29. The molecule has 1 atom stereocenters. The highest BCUT2D eigenvalue weighted by Gasteiger charge is 2.22. The van der Waals surface area contributed by atoms with Crippen molar-refractivity contribution >= 4 is 5.78 Å². The van der Waals surface area contributed by atoms with E-state index in [1.165, 1.54) is 24.1 Å². The van der Waals surface area contributed by atoms with Crippen LogP contribution in [0.3, 0.4) is 0 Å². The number of allylic oxidation sites excluding steroid dienone is 2. The summed E-state index contributed by atoms with van der Waals surface area (Å²) in [7, 11) is 0. The summed E-state index contributed by atoms with van der Waals surface area (Å²) < 4.78 is 5.77. The normalized spacial score (nSPS) is 17.7. The van der Waals surface area contributed by atoms with Gasteiger partial charge in [0.15, 0.2) is 5.78 Å². The van der Waals surface area contributed by atoms with Gasteiger partial charge in [-0.25, -0.2) is 0 Å². The minimum Gasteiger partial charge on any atom is -0.385 e. The van der Waals surface area contributed by atoms with E-state index in [9.17, 15) is 4.79 Å². The zero-order chi connectivity index (χ0) is 17.2. The number of rotatable bonds is 10. The summed E-state index contributed by atoms with van der Waals surface area (Å²) in [5.41, 5.74) is 3.42. The third-order valence-electron chi connectivity index (χ3n) is 4.61. The molecule has 0 bridgehead atoms. The summed E-state index contributed by atoms with van der Waals surface area (Å²) in [4.78, 5) is 12.2. The van der Waals surface area contributed by atoms with E-state index in [4.69, 9.17) is 4.74 Å². The number of hydrogen-bond acceptors (Lipinski definition) is 3. The standard InChI is InChI=1S/C21H31NO2/c1-3-9-18-13-14-19(21(23)4-2)20(22-18)12-8-15-24-16-17-10-6-5-7-11-17/h5-7,10-11,18,22H,3-4,8-9,12-16H2,1-2H3/t18-/m1/s1. The van der Waals surface area contributed by atoms with E-state index in [1.54, 1.807) is 0 Å². The van der Waals surface area contributed by atoms with E-state index >= 15 is 0 Å². The molecule has 1 aliphatic rings. The van der Waals surface area contributed by atoms with Crippen molar-refractivity contribution in [2.45, 2.75) is 71.4 Å². The fourth-order valence-electron chi connectivity index (χ4n) is 3.30. The van der Waals surface area contributed by atoms with Gasteiger partial charge in [0, 0.05) is 30.3 Å². The van der Waals surface area contributed by atoms with Crippen LogP contribution in [0.15, 0.2) is 41.6 Å². The Morgan fingerprint density at radius 2 is 2.04 bits per heavy atom. The van der Waals surface area contributed by atoms with E-state index in [0.29, 0.717) is 24.9 Å². The highest BCUT2D eigenvalue weighted by molar-refractivity contribution is 5.95. The maximum atomic E-state index is 12.2. The molecular formula is C21H31NO2. The van der Waals surface area contributed by atoms with E-state index in [1.807, 2.05) is 25.1 Å². The van der Waals surface area contributed by atoms with Crippen LogP contribution in [0.1, 0.15) is 64.4 Å². The largest absolute Gasteiger partial charge is 0.385 e. The molecule has 1 N–H and O–H groups in total. The minimum absolute atomic E-state index is 0.303. The summed E-state index contributed by atoms with van der Waals surface area (Å²) in [5.74, 6) is 0.303. The van der Waals surface area contributed by atoms with Gasteiger partial charge in [0.1, 0.15) is 0 Å². The number of hydrogen-bond donors (Lipinski definition) is 1. The molecule has 0 saturated carbocycles. The van der Waals surface area contributed by atoms with Gasteiger partial charge in [-0.3, -0.25) is 4.79 Å². The van der Waals surface area contributed by atoms with Gasteiger partial charge in [-0.05, 0) is 37.7 Å². The monoisotopic (exact) mass is 329 g/mol. The molecule has 1 aromatic carbocycles. The van der Waals surface area contributed by atoms with Gasteiger partial charge in [-0.2, -0.15) is 0 Å². The van der Waals surface area contributed by atoms with Gasteiger partial charge in [-0.1, -0.05) is 50.6 Å². The first-order valence-corrected chi connectivity index (χ1v) is 9.38. The van der Waals surface area contributed by atoms with Crippen LogP contribution < -0.4 is 5.32 Å². The Kier molecular flexibility index (Phi) is 8.03. The number of ether oxygens (including phenoxy) is 1. The average Bonchev–Trinajstić information content (AvgIpc) is 2.62. The van der Waals surface area contributed by atoms with E-state index in [-0.39, 0.29) is 0 Å². The van der Waals surface area contributed by atoms with Gasteiger partial charge >= 0.3 is 0 Å². The summed E-state index contributed by atoms with van der Waals surface area (Å²) in [6.45, 7) is 5.56. The van der Waals surface area contributed by atoms with Crippen LogP contribution in [0.5, 0.6) is 0 Å². The summed E-state index contributed by atoms with van der Waals surface area (Å²) in [6, 6.07) is 10.8. The first-order chi connectivity index (χ1) is 11.7. The summed E-state index contributed by atoms with van der Waals surface area (Å²) in [6.07, 6.45) is 6.85. The van der Waals surface area contributed by atoms with Crippen molar-refractivity contribution in [2.24, 2.45) is 0 Å². The number of benzene rings is 1. The number of carbonyl (C=O) groups excluding carboxylic acids is 1. The van der Waals surface area contributed by atoms with Gasteiger partial charge < -0.3 is 10.1 Å². The SMILES string of the molecule is CCC[C@@H]1CCC(C(=O)CC)=C(CCCOCc2ccccc2)N1. The molecule has 0 radical (unpaired) electrons. The van der Waals surface area contributed by atoms with Crippen molar-refractivity contribution < 1.29 is 9.53 Å². The summed E-state index contributed by atoms with van der Waals surface area (Å²) >= 11 is 0. The van der Waals surface area contributed by atoms with Crippen molar-refractivity contribution in [1.82, 2.24) is 5.32 Å². The molecule has 3 heteroatoms. The Morgan fingerprint density at radius 3 is 2.75 bits per heavy atom. The Hall–Kier alpha value is -1.61. The van der Waals surface area contributed by atoms with Crippen LogP contribution in [0, 0.1) is 0 Å². The highest BCUT2D eigenvalue weighted by Crippen LogP contribution is 2.25. The zero-order valence-electron chi connectivity index (χ0n) is 15.1. The van der Waals surface area contributed by atoms with Crippen LogP contribution in [0.2, 0.25) is 0 Å². The Bertz CT molecular complexity index is 536. The number of carbonyl (C=O) groups is 1. The quantitative estimate of drug-likeness (QED) is 0.628. The molecule has 0 unspecified atom stereocenters. The molecule has 132 valence electrons. The van der Waals surface area contributed by atoms with Crippen molar-refractivity contribution in [3.63, 3.8) is 0 Å². The molecule has 0 spiro atoms. The molecule has 0 fully saturated rings. The van der Waals surface area contributed by atoms with Crippen LogP contribution in [0.4, 0.5) is 0 Å². The average molecular weight is 329 g/mol. The molecule has 1 heterocycles. The molecule has 24 heavy (non-hydrogen) atoms. The number of nitrogens with one attached hydrogen (secondary N) is 1. The molecule has 0 amide bonds. The minimum atomic E-state index is 0.303. The molecular weight excluding hydrogens is 298 g/mol. The molecule has 1 aromatic rings. The first-order valence-electron chi connectivity index (χ1n) is 9.38. The number of Topliss-reactive ketones (excluding diaryl/α,β-unsaturated/α-hetero) is 1. The fraction of sp³-hybridized carbons (Fsp3) is 0.571. The Morgan fingerprint density at radius 1 is 1.25 bits per heavy atom. The third-order valence-corrected chi connectivity index (χ3v) is 4.61. The molecule has 1 aliphatic heterocycles. The maximum absolute atomic E-state index is 12.2. The molecule has 0 aliphatic carbocycles. The van der Waals surface area contributed by atoms with Gasteiger partial charge in [-0.15, -0.1) is 0 Å². The Balaban J connectivity index is 1.82. The zero-order valence-corrected chi connectivity index (χ0v) is 15.1. The predicted octanol–water partition coefficient (Wildman–Crippen LogP) is 4.77. The van der Waals surface area contributed by atoms with Crippen molar-refractivity contribution in [1.29, 1.82) is 0 Å². The van der Waals surface area contributed by atoms with Crippen molar-refractivity contribution in [3.8, 4) is 0 Å². The second-order valence-corrected chi connectivity index (χ2v) is 6.54. The van der Waals surface area contributed by atoms with Gasteiger partial charge in [0.2, 0.25) is 0 Å². The van der Waals surface area contributed by atoms with Gasteiger partial charge in [0.25, 0.3) is 0 Å². The van der Waals surface area contributed by atoms with Crippen molar-refractivity contribution in [3.05, 3.63) is 47.2 Å². The van der Waals surface area contributed by atoms with E-state index in [0.717, 1.165) is 37.9 Å². The maximum Gasteiger partial charge on any atom is 0.160 e. The van der Waals surface area contributed by atoms with E-state index < -0.39 is 0 Å². The van der Waals surface area contributed by atoms with Crippen LogP contribution in [0.25, 0.3) is 0 Å². The molecule has 3 nitrogen and oxygen atoms in total. The smallest absolute Gasteiger partial charge is 0.160 e. The summed E-state index contributed by atoms with van der Waals surface area (Å²) in [5, 5.41) is 3.63. The third kappa shape index (κ3) is 5.79. The Labute approximate surface area is 146 Å². The highest BCUT2D eigenvalue weighted by atomic mass is 16.5. The lowest BCUT2D eigenvalue weighted by Crippen LogP contribution is -2.34. The lowest BCUT2D eigenvalue weighted by atomic mass is 9.91. The van der Waals surface area contributed by atoms with E-state index in [2.05, 4.69) is 24.4 Å². The second kappa shape index (κ2) is 10.3. The predicted molar refractivity (Wildman–Crippen MR) is 98.7 cm³/mol. The van der Waals surface area contributed by atoms with Crippen LogP contribution in [-0.2, 0) is 16.1 Å². The first kappa shape index (κ1) is 18.7. The van der Waals surface area contributed by atoms with Crippen molar-refractivity contribution in [2.75, 3.05) is 6.61 Å². The second-order valence-electron chi connectivity index (χ2n) is 6.54. The number of ketones is 1. The topological polar surface area (TPSA) is 38.3 Å².